The van der Waals surface area contributed by atoms with Gasteiger partial charge in [0.05, 0.1) is 6.61 Å². The predicted molar refractivity (Wildman–Crippen MR) is 124 cm³/mol. The molecule has 2 nitrogen and oxygen atoms in total. The Morgan fingerprint density at radius 3 is 2.30 bits per heavy atom. The van der Waals surface area contributed by atoms with E-state index in [1.54, 1.807) is 0 Å². The summed E-state index contributed by atoms with van der Waals surface area (Å²) in [6, 6.07) is 23.7. The molecule has 4 rings (SSSR count). The largest absolute Gasteiger partial charge is 0.465 e. The van der Waals surface area contributed by atoms with Crippen molar-refractivity contribution >= 4 is 0 Å². The maximum atomic E-state index is 6.29. The Labute approximate surface area is 180 Å². The Morgan fingerprint density at radius 2 is 1.57 bits per heavy atom. The lowest BCUT2D eigenvalue weighted by Gasteiger charge is -2.24. The van der Waals surface area contributed by atoms with Crippen molar-refractivity contribution < 1.29 is 9.47 Å². The number of fused-ring (bicyclic) bond motifs is 3. The molecule has 0 saturated heterocycles. The molecule has 30 heavy (non-hydrogen) atoms. The highest BCUT2D eigenvalue weighted by atomic mass is 16.7. The summed E-state index contributed by atoms with van der Waals surface area (Å²) in [7, 11) is 0. The lowest BCUT2D eigenvalue weighted by molar-refractivity contribution is -0.116. The summed E-state index contributed by atoms with van der Waals surface area (Å²) < 4.78 is 12.5. The molecular formula is C28H32O2. The highest BCUT2D eigenvalue weighted by Crippen LogP contribution is 2.38. The molecule has 0 saturated carbocycles. The molecular weight excluding hydrogens is 368 g/mol. The van der Waals surface area contributed by atoms with Crippen molar-refractivity contribution in [2.45, 2.75) is 59.4 Å². The van der Waals surface area contributed by atoms with Gasteiger partial charge in [-0.15, -0.1) is 0 Å². The number of hydrogen-bond donors (Lipinski definition) is 0. The average Bonchev–Trinajstić information content (AvgIpc) is 3.15. The van der Waals surface area contributed by atoms with Gasteiger partial charge in [-0.25, -0.2) is 0 Å². The molecule has 3 aromatic carbocycles. The molecule has 0 heterocycles. The average molecular weight is 401 g/mol. The van der Waals surface area contributed by atoms with Gasteiger partial charge in [-0.1, -0.05) is 82.3 Å². The van der Waals surface area contributed by atoms with Crippen molar-refractivity contribution in [1.82, 2.24) is 0 Å². The van der Waals surface area contributed by atoms with E-state index in [1.165, 1.54) is 33.4 Å². The van der Waals surface area contributed by atoms with E-state index in [1.807, 2.05) is 0 Å². The van der Waals surface area contributed by atoms with Gasteiger partial charge in [0.15, 0.2) is 0 Å². The van der Waals surface area contributed by atoms with Gasteiger partial charge in [0.2, 0.25) is 6.29 Å². The van der Waals surface area contributed by atoms with Crippen LogP contribution in [0.25, 0.3) is 11.1 Å². The Hall–Kier alpha value is -2.58. The van der Waals surface area contributed by atoms with E-state index in [4.69, 9.17) is 9.47 Å². The first-order valence-electron chi connectivity index (χ1n) is 11.1. The number of ether oxygens (including phenoxy) is 2. The van der Waals surface area contributed by atoms with Crippen LogP contribution in [0.4, 0.5) is 0 Å². The minimum atomic E-state index is -0.279. The van der Waals surface area contributed by atoms with Gasteiger partial charge in [0, 0.05) is 5.92 Å². The number of benzene rings is 3. The van der Waals surface area contributed by atoms with Crippen molar-refractivity contribution in [3.8, 4) is 16.9 Å². The smallest absolute Gasteiger partial charge is 0.202 e. The maximum absolute atomic E-state index is 6.29. The van der Waals surface area contributed by atoms with Crippen molar-refractivity contribution in [3.63, 3.8) is 0 Å². The van der Waals surface area contributed by atoms with Crippen molar-refractivity contribution in [3.05, 3.63) is 89.0 Å². The minimum absolute atomic E-state index is 0.258. The summed E-state index contributed by atoms with van der Waals surface area (Å²) in [5.74, 6) is 1.69. The predicted octanol–water partition coefficient (Wildman–Crippen LogP) is 7.35. The fraction of sp³-hybridized carbons (Fsp3) is 0.357. The summed E-state index contributed by atoms with van der Waals surface area (Å²) in [5, 5.41) is 0. The quantitative estimate of drug-likeness (QED) is 0.288. The van der Waals surface area contributed by atoms with Crippen LogP contribution in [-0.2, 0) is 17.8 Å². The van der Waals surface area contributed by atoms with Gasteiger partial charge < -0.3 is 9.47 Å². The molecule has 0 aromatic heterocycles. The van der Waals surface area contributed by atoms with Crippen LogP contribution < -0.4 is 4.74 Å². The molecule has 0 radical (unpaired) electrons. The topological polar surface area (TPSA) is 18.5 Å². The van der Waals surface area contributed by atoms with E-state index in [9.17, 15) is 0 Å². The van der Waals surface area contributed by atoms with E-state index in [2.05, 4.69) is 94.4 Å². The molecule has 0 N–H and O–H groups in total. The van der Waals surface area contributed by atoms with E-state index in [-0.39, 0.29) is 12.2 Å². The second kappa shape index (κ2) is 9.06. The third kappa shape index (κ3) is 4.29. The first-order chi connectivity index (χ1) is 14.6. The highest BCUT2D eigenvalue weighted by Gasteiger charge is 2.22. The van der Waals surface area contributed by atoms with Gasteiger partial charge in [-0.3, -0.25) is 0 Å². The Balaban J connectivity index is 1.46. The zero-order chi connectivity index (χ0) is 21.1. The first kappa shape index (κ1) is 20.7. The SMILES string of the molecule is CCC(C)c1ccc(OC(OCc2cccc3c2Cc2ccccc2-3)C(C)C)cc1. The molecule has 1 aliphatic carbocycles. The summed E-state index contributed by atoms with van der Waals surface area (Å²) in [6.45, 7) is 9.32. The molecule has 2 unspecified atom stereocenters. The summed E-state index contributed by atoms with van der Waals surface area (Å²) in [4.78, 5) is 0. The van der Waals surface area contributed by atoms with E-state index in [0.717, 1.165) is 18.6 Å². The lowest BCUT2D eigenvalue weighted by atomic mass is 9.99. The second-order valence-electron chi connectivity index (χ2n) is 8.70. The Morgan fingerprint density at radius 1 is 0.833 bits per heavy atom. The summed E-state index contributed by atoms with van der Waals surface area (Å²) in [6.07, 6.45) is 1.84. The van der Waals surface area contributed by atoms with Crippen LogP contribution in [0, 0.1) is 5.92 Å². The monoisotopic (exact) mass is 400 g/mol. The molecule has 0 aliphatic heterocycles. The van der Waals surface area contributed by atoms with Gasteiger partial charge in [0.1, 0.15) is 5.75 Å². The number of rotatable bonds is 8. The molecule has 0 spiro atoms. The molecule has 1 aliphatic rings. The lowest BCUT2D eigenvalue weighted by Crippen LogP contribution is -2.26. The van der Waals surface area contributed by atoms with E-state index in [0.29, 0.717) is 12.5 Å². The Bertz CT molecular complexity index is 988. The Kier molecular flexibility index (Phi) is 6.24. The van der Waals surface area contributed by atoms with Crippen LogP contribution in [0.5, 0.6) is 5.75 Å². The van der Waals surface area contributed by atoms with Gasteiger partial charge in [-0.2, -0.15) is 0 Å². The van der Waals surface area contributed by atoms with E-state index < -0.39 is 0 Å². The van der Waals surface area contributed by atoms with Crippen LogP contribution in [0.3, 0.4) is 0 Å². The van der Waals surface area contributed by atoms with Crippen LogP contribution in [0.2, 0.25) is 0 Å². The van der Waals surface area contributed by atoms with Crippen LogP contribution >= 0.6 is 0 Å². The summed E-state index contributed by atoms with van der Waals surface area (Å²) >= 11 is 0. The minimum Gasteiger partial charge on any atom is -0.465 e. The third-order valence-electron chi connectivity index (χ3n) is 6.21. The molecule has 2 atom stereocenters. The van der Waals surface area contributed by atoms with Gasteiger partial charge in [-0.05, 0) is 64.3 Å². The standard InChI is InChI=1S/C28H32O2/c1-5-20(4)21-13-15-24(16-14-21)30-28(19(2)3)29-18-23-10-8-12-26-25-11-7-6-9-22(25)17-27(23)26/h6-16,19-20,28H,5,17-18H2,1-4H3. The molecule has 0 bridgehead atoms. The first-order valence-corrected chi connectivity index (χ1v) is 11.1. The van der Waals surface area contributed by atoms with Crippen molar-refractivity contribution in [2.24, 2.45) is 5.92 Å². The zero-order valence-electron chi connectivity index (χ0n) is 18.5. The van der Waals surface area contributed by atoms with Crippen LogP contribution in [0.1, 0.15) is 62.3 Å². The van der Waals surface area contributed by atoms with Crippen molar-refractivity contribution in [2.75, 3.05) is 0 Å². The van der Waals surface area contributed by atoms with Gasteiger partial charge in [0.25, 0.3) is 0 Å². The molecule has 3 aromatic rings. The normalized spacial score (nSPS) is 14.3. The molecule has 2 heteroatoms. The third-order valence-corrected chi connectivity index (χ3v) is 6.21. The highest BCUT2D eigenvalue weighted by molar-refractivity contribution is 5.77. The molecule has 0 amide bonds. The van der Waals surface area contributed by atoms with Crippen molar-refractivity contribution in [1.29, 1.82) is 0 Å². The van der Waals surface area contributed by atoms with E-state index >= 15 is 0 Å². The number of hydrogen-bond acceptors (Lipinski definition) is 2. The molecule has 156 valence electrons. The fourth-order valence-electron chi connectivity index (χ4n) is 4.14. The fourth-order valence-corrected chi connectivity index (χ4v) is 4.14. The molecule has 0 fully saturated rings. The zero-order valence-corrected chi connectivity index (χ0v) is 18.5. The summed E-state index contributed by atoms with van der Waals surface area (Å²) in [5.41, 5.74) is 8.09. The van der Waals surface area contributed by atoms with Crippen LogP contribution in [-0.4, -0.2) is 6.29 Å². The maximum Gasteiger partial charge on any atom is 0.202 e. The second-order valence-corrected chi connectivity index (χ2v) is 8.70. The van der Waals surface area contributed by atoms with Gasteiger partial charge >= 0.3 is 0 Å². The van der Waals surface area contributed by atoms with Crippen LogP contribution in [0.15, 0.2) is 66.7 Å².